The van der Waals surface area contributed by atoms with Crippen LogP contribution >= 0.6 is 0 Å². The molecule has 1 heterocycles. The minimum Gasteiger partial charge on any atom is -0.321 e. The molecule has 0 aliphatic carbocycles. The molecule has 0 saturated carbocycles. The average Bonchev–Trinajstić information content (AvgIpc) is 2.96. The second-order valence-electron chi connectivity index (χ2n) is 4.14. The van der Waals surface area contributed by atoms with E-state index in [2.05, 4.69) is 10.4 Å². The average molecular weight is 285 g/mol. The lowest BCUT2D eigenvalue weighted by Crippen LogP contribution is -2.12. The molecule has 0 radical (unpaired) electrons. The summed E-state index contributed by atoms with van der Waals surface area (Å²) in [5.41, 5.74) is 0.389. The lowest BCUT2D eigenvalue weighted by molar-refractivity contribution is -0.384. The number of hydrogen-bond donors (Lipinski definition) is 1. The highest BCUT2D eigenvalue weighted by Gasteiger charge is 2.14. The molecule has 1 N–H and O–H groups in total. The van der Waals surface area contributed by atoms with E-state index in [1.54, 1.807) is 10.9 Å². The summed E-state index contributed by atoms with van der Waals surface area (Å²) in [6.07, 6.45) is 2.99. The van der Waals surface area contributed by atoms with Gasteiger partial charge in [-0.15, -0.1) is 0 Å². The predicted molar refractivity (Wildman–Crippen MR) is 73.7 cm³/mol. The van der Waals surface area contributed by atoms with Gasteiger partial charge in [-0.2, -0.15) is 10.4 Å². The second kappa shape index (κ2) is 5.83. The Balaban J connectivity index is 2.25. The standard InChI is InChI=1S/C13H11N5O3/c1-2-17-8-10(7-15-17)13(19)16-12-4-3-11(18(20)21)5-9(12)6-14/h3-5,7-8H,2H2,1H3,(H,16,19). The molecule has 21 heavy (non-hydrogen) atoms. The fourth-order valence-corrected chi connectivity index (χ4v) is 1.70. The van der Waals surface area contributed by atoms with Crippen molar-refractivity contribution in [2.45, 2.75) is 13.5 Å². The normalized spacial score (nSPS) is 9.90. The largest absolute Gasteiger partial charge is 0.321 e. The van der Waals surface area contributed by atoms with Crippen molar-refractivity contribution in [3.8, 4) is 6.07 Å². The van der Waals surface area contributed by atoms with Gasteiger partial charge in [0, 0.05) is 24.9 Å². The number of carbonyl (C=O) groups is 1. The second-order valence-corrected chi connectivity index (χ2v) is 4.14. The van der Waals surface area contributed by atoms with E-state index >= 15 is 0 Å². The number of aryl methyl sites for hydroxylation is 1. The molecule has 0 fully saturated rings. The molecule has 8 nitrogen and oxygen atoms in total. The van der Waals surface area contributed by atoms with E-state index in [1.165, 1.54) is 18.3 Å². The zero-order valence-corrected chi connectivity index (χ0v) is 11.1. The summed E-state index contributed by atoms with van der Waals surface area (Å²) in [4.78, 5) is 22.1. The summed E-state index contributed by atoms with van der Waals surface area (Å²) in [7, 11) is 0. The molecule has 2 aromatic rings. The molecule has 0 aliphatic rings. The van der Waals surface area contributed by atoms with Crippen LogP contribution in [0.1, 0.15) is 22.8 Å². The molecule has 2 rings (SSSR count). The van der Waals surface area contributed by atoms with Gasteiger partial charge in [0.25, 0.3) is 11.6 Å². The lowest BCUT2D eigenvalue weighted by atomic mass is 10.1. The van der Waals surface area contributed by atoms with E-state index in [4.69, 9.17) is 5.26 Å². The monoisotopic (exact) mass is 285 g/mol. The molecular formula is C13H11N5O3. The number of non-ortho nitro benzene ring substituents is 1. The Bertz CT molecular complexity index is 745. The van der Waals surface area contributed by atoms with E-state index in [9.17, 15) is 14.9 Å². The zero-order valence-electron chi connectivity index (χ0n) is 11.1. The highest BCUT2D eigenvalue weighted by molar-refractivity contribution is 6.04. The molecule has 0 bridgehead atoms. The minimum atomic E-state index is -0.599. The first-order chi connectivity index (χ1) is 10.0. The smallest absolute Gasteiger partial charge is 0.270 e. The van der Waals surface area contributed by atoms with Crippen LogP contribution in [0.15, 0.2) is 30.6 Å². The molecule has 1 aromatic heterocycles. The number of amides is 1. The molecule has 0 unspecified atom stereocenters. The molecule has 0 atom stereocenters. The Morgan fingerprint density at radius 2 is 2.33 bits per heavy atom. The van der Waals surface area contributed by atoms with E-state index in [0.717, 1.165) is 6.07 Å². The molecule has 0 spiro atoms. The molecular weight excluding hydrogens is 274 g/mol. The summed E-state index contributed by atoms with van der Waals surface area (Å²) in [6.45, 7) is 2.52. The summed E-state index contributed by atoms with van der Waals surface area (Å²) >= 11 is 0. The van der Waals surface area contributed by atoms with Crippen molar-refractivity contribution in [2.75, 3.05) is 5.32 Å². The topological polar surface area (TPSA) is 114 Å². The highest BCUT2D eigenvalue weighted by atomic mass is 16.6. The third-order valence-electron chi connectivity index (χ3n) is 2.80. The van der Waals surface area contributed by atoms with Gasteiger partial charge in [-0.05, 0) is 13.0 Å². The Hall–Kier alpha value is -3.21. The van der Waals surface area contributed by atoms with E-state index in [-0.39, 0.29) is 16.9 Å². The maximum absolute atomic E-state index is 12.0. The number of carbonyl (C=O) groups excluding carboxylic acids is 1. The van der Waals surface area contributed by atoms with Crippen molar-refractivity contribution in [1.29, 1.82) is 5.26 Å². The van der Waals surface area contributed by atoms with Gasteiger partial charge in [-0.3, -0.25) is 19.6 Å². The summed E-state index contributed by atoms with van der Waals surface area (Å²) in [5.74, 6) is -0.431. The van der Waals surface area contributed by atoms with Crippen LogP contribution in [0.5, 0.6) is 0 Å². The van der Waals surface area contributed by atoms with Crippen molar-refractivity contribution in [3.05, 3.63) is 51.8 Å². The van der Waals surface area contributed by atoms with Crippen LogP contribution in [0.2, 0.25) is 0 Å². The lowest BCUT2D eigenvalue weighted by Gasteiger charge is -2.05. The summed E-state index contributed by atoms with van der Waals surface area (Å²) < 4.78 is 1.59. The van der Waals surface area contributed by atoms with Gasteiger partial charge < -0.3 is 5.32 Å². The number of nitro benzene ring substituents is 1. The van der Waals surface area contributed by atoms with Gasteiger partial charge in [-0.1, -0.05) is 0 Å². The quantitative estimate of drug-likeness (QED) is 0.681. The van der Waals surface area contributed by atoms with Crippen molar-refractivity contribution < 1.29 is 9.72 Å². The number of rotatable bonds is 4. The van der Waals surface area contributed by atoms with Gasteiger partial charge in [0.1, 0.15) is 6.07 Å². The molecule has 8 heteroatoms. The third-order valence-corrected chi connectivity index (χ3v) is 2.80. The SMILES string of the molecule is CCn1cc(C(=O)Nc2ccc([N+](=O)[O-])cc2C#N)cn1. The number of nitrogens with one attached hydrogen (secondary N) is 1. The van der Waals surface area contributed by atoms with E-state index in [0.29, 0.717) is 12.1 Å². The van der Waals surface area contributed by atoms with Gasteiger partial charge in [0.15, 0.2) is 0 Å². The first kappa shape index (κ1) is 14.2. The molecule has 0 saturated heterocycles. The van der Waals surface area contributed by atoms with Crippen molar-refractivity contribution in [1.82, 2.24) is 9.78 Å². The van der Waals surface area contributed by atoms with Crippen LogP contribution in [0, 0.1) is 21.4 Å². The number of anilines is 1. The molecule has 1 aromatic carbocycles. The molecule has 106 valence electrons. The highest BCUT2D eigenvalue weighted by Crippen LogP contribution is 2.21. The zero-order chi connectivity index (χ0) is 15.4. The number of hydrogen-bond acceptors (Lipinski definition) is 5. The third kappa shape index (κ3) is 3.03. The Kier molecular flexibility index (Phi) is 3.95. The number of nitro groups is 1. The van der Waals surface area contributed by atoms with Gasteiger partial charge in [0.05, 0.1) is 27.9 Å². The van der Waals surface area contributed by atoms with Crippen LogP contribution in [0.3, 0.4) is 0 Å². The number of benzene rings is 1. The van der Waals surface area contributed by atoms with Crippen LogP contribution in [0.4, 0.5) is 11.4 Å². The summed E-state index contributed by atoms with van der Waals surface area (Å²) in [6, 6.07) is 5.50. The number of nitrogens with zero attached hydrogens (tertiary/aromatic N) is 4. The maximum atomic E-state index is 12.0. The van der Waals surface area contributed by atoms with Crippen LogP contribution in [0.25, 0.3) is 0 Å². The van der Waals surface area contributed by atoms with Crippen LogP contribution in [-0.2, 0) is 6.54 Å². The maximum Gasteiger partial charge on any atom is 0.270 e. The molecule has 0 aliphatic heterocycles. The molecule has 1 amide bonds. The van der Waals surface area contributed by atoms with E-state index < -0.39 is 10.8 Å². The van der Waals surface area contributed by atoms with Crippen molar-refractivity contribution in [3.63, 3.8) is 0 Å². The first-order valence-corrected chi connectivity index (χ1v) is 6.07. The Morgan fingerprint density at radius 1 is 1.57 bits per heavy atom. The minimum absolute atomic E-state index is 0.0282. The fourth-order valence-electron chi connectivity index (χ4n) is 1.70. The first-order valence-electron chi connectivity index (χ1n) is 6.07. The van der Waals surface area contributed by atoms with Crippen molar-refractivity contribution >= 4 is 17.3 Å². The predicted octanol–water partition coefficient (Wildman–Crippen LogP) is 1.94. The number of aromatic nitrogens is 2. The summed E-state index contributed by atoms with van der Waals surface area (Å²) in [5, 5.41) is 26.2. The Labute approximate surface area is 119 Å². The van der Waals surface area contributed by atoms with Gasteiger partial charge >= 0.3 is 0 Å². The van der Waals surface area contributed by atoms with Gasteiger partial charge in [0.2, 0.25) is 0 Å². The van der Waals surface area contributed by atoms with Crippen LogP contribution < -0.4 is 5.32 Å². The number of nitriles is 1. The fraction of sp³-hybridized carbons (Fsp3) is 0.154. The van der Waals surface area contributed by atoms with Crippen LogP contribution in [-0.4, -0.2) is 20.6 Å². The van der Waals surface area contributed by atoms with E-state index in [1.807, 2.05) is 13.0 Å². The van der Waals surface area contributed by atoms with Gasteiger partial charge in [-0.25, -0.2) is 0 Å². The van der Waals surface area contributed by atoms with Crippen molar-refractivity contribution in [2.24, 2.45) is 0 Å². The Morgan fingerprint density at radius 3 is 2.90 bits per heavy atom.